The number of rotatable bonds is 6. The third-order valence-corrected chi connectivity index (χ3v) is 4.34. The minimum Gasteiger partial charge on any atom is -0.464 e. The molecule has 1 saturated carbocycles. The zero-order chi connectivity index (χ0) is 15.5. The molecule has 0 atom stereocenters. The number of ether oxygens (including phenoxy) is 1. The first-order valence-electron chi connectivity index (χ1n) is 7.02. The SMILES string of the molecule is COC(=O)c1coc(CN(C(=O)Cc2cccs2)C2CC2)n1. The molecule has 0 aliphatic heterocycles. The second kappa shape index (κ2) is 6.31. The maximum Gasteiger partial charge on any atom is 0.360 e. The summed E-state index contributed by atoms with van der Waals surface area (Å²) in [5, 5.41) is 1.96. The molecule has 0 bridgehead atoms. The predicted molar refractivity (Wildman–Crippen MR) is 79.4 cm³/mol. The van der Waals surface area contributed by atoms with Crippen LogP contribution in [0.25, 0.3) is 0 Å². The number of oxazole rings is 1. The molecule has 3 rings (SSSR count). The van der Waals surface area contributed by atoms with E-state index in [1.807, 2.05) is 17.5 Å². The van der Waals surface area contributed by atoms with Gasteiger partial charge >= 0.3 is 5.97 Å². The van der Waals surface area contributed by atoms with Crippen molar-refractivity contribution in [1.29, 1.82) is 0 Å². The van der Waals surface area contributed by atoms with Crippen LogP contribution >= 0.6 is 11.3 Å². The van der Waals surface area contributed by atoms with Crippen molar-refractivity contribution in [1.82, 2.24) is 9.88 Å². The summed E-state index contributed by atoms with van der Waals surface area (Å²) in [4.78, 5) is 30.7. The molecule has 2 heterocycles. The number of carbonyl (C=O) groups is 2. The number of esters is 1. The minimum absolute atomic E-state index is 0.0581. The highest BCUT2D eigenvalue weighted by atomic mass is 32.1. The van der Waals surface area contributed by atoms with Crippen LogP contribution in [0.4, 0.5) is 0 Å². The molecule has 1 fully saturated rings. The number of carbonyl (C=O) groups excluding carboxylic acids is 2. The number of hydrogen-bond donors (Lipinski definition) is 0. The van der Waals surface area contributed by atoms with Gasteiger partial charge in [0.25, 0.3) is 0 Å². The molecule has 2 aromatic heterocycles. The molecule has 0 aromatic carbocycles. The van der Waals surface area contributed by atoms with Gasteiger partial charge in [0.1, 0.15) is 6.26 Å². The quantitative estimate of drug-likeness (QED) is 0.763. The first kappa shape index (κ1) is 14.8. The standard InChI is InChI=1S/C15H16N2O4S/c1-20-15(19)12-9-21-13(16-12)8-17(10-4-5-10)14(18)7-11-3-2-6-22-11/h2-3,6,9-10H,4-5,7-8H2,1H3. The van der Waals surface area contributed by atoms with Gasteiger partial charge in [-0.15, -0.1) is 11.3 Å². The molecule has 1 aliphatic carbocycles. The lowest BCUT2D eigenvalue weighted by molar-refractivity contribution is -0.132. The molecule has 1 aliphatic rings. The van der Waals surface area contributed by atoms with Gasteiger partial charge in [-0.2, -0.15) is 0 Å². The van der Waals surface area contributed by atoms with E-state index in [2.05, 4.69) is 9.72 Å². The Morgan fingerprint density at radius 1 is 1.50 bits per heavy atom. The van der Waals surface area contributed by atoms with Gasteiger partial charge in [0.2, 0.25) is 11.8 Å². The van der Waals surface area contributed by atoms with E-state index in [0.717, 1.165) is 17.7 Å². The van der Waals surface area contributed by atoms with Gasteiger partial charge in [0, 0.05) is 10.9 Å². The van der Waals surface area contributed by atoms with Crippen molar-refractivity contribution in [2.45, 2.75) is 31.8 Å². The Balaban J connectivity index is 1.68. The maximum absolute atomic E-state index is 12.5. The highest BCUT2D eigenvalue weighted by Gasteiger charge is 2.33. The Hall–Kier alpha value is -2.15. The summed E-state index contributed by atoms with van der Waals surface area (Å²) in [5.74, 6) is -0.132. The molecule has 0 saturated heterocycles. The summed E-state index contributed by atoms with van der Waals surface area (Å²) in [6.45, 7) is 0.284. The van der Waals surface area contributed by atoms with E-state index < -0.39 is 5.97 Å². The Bertz CT molecular complexity index is 661. The predicted octanol–water partition coefficient (Wildman–Crippen LogP) is 2.26. The number of nitrogens with zero attached hydrogens (tertiary/aromatic N) is 2. The van der Waals surface area contributed by atoms with Crippen LogP contribution in [0, 0.1) is 0 Å². The first-order chi connectivity index (χ1) is 10.7. The van der Waals surface area contributed by atoms with Crippen molar-refractivity contribution >= 4 is 23.2 Å². The first-order valence-corrected chi connectivity index (χ1v) is 7.90. The van der Waals surface area contributed by atoms with Gasteiger partial charge in [-0.3, -0.25) is 4.79 Å². The fourth-order valence-electron chi connectivity index (χ4n) is 2.20. The second-order valence-corrected chi connectivity index (χ2v) is 6.16. The van der Waals surface area contributed by atoms with Crippen LogP contribution in [0.5, 0.6) is 0 Å². The van der Waals surface area contributed by atoms with Crippen molar-refractivity contribution < 1.29 is 18.7 Å². The highest BCUT2D eigenvalue weighted by Crippen LogP contribution is 2.29. The largest absolute Gasteiger partial charge is 0.464 e. The summed E-state index contributed by atoms with van der Waals surface area (Å²) in [7, 11) is 1.29. The third kappa shape index (κ3) is 3.36. The number of methoxy groups -OCH3 is 1. The Morgan fingerprint density at radius 2 is 2.32 bits per heavy atom. The van der Waals surface area contributed by atoms with Gasteiger partial charge in [0.05, 0.1) is 20.1 Å². The van der Waals surface area contributed by atoms with E-state index in [1.54, 1.807) is 16.2 Å². The lowest BCUT2D eigenvalue weighted by Gasteiger charge is -2.20. The molecule has 0 spiro atoms. The highest BCUT2D eigenvalue weighted by molar-refractivity contribution is 7.10. The van der Waals surface area contributed by atoms with Gasteiger partial charge in [-0.1, -0.05) is 6.07 Å². The number of thiophene rings is 1. The van der Waals surface area contributed by atoms with Crippen molar-refractivity contribution in [2.24, 2.45) is 0 Å². The molecular weight excluding hydrogens is 304 g/mol. The van der Waals surface area contributed by atoms with E-state index >= 15 is 0 Å². The number of hydrogen-bond acceptors (Lipinski definition) is 6. The van der Waals surface area contributed by atoms with Crippen LogP contribution in [0.2, 0.25) is 0 Å². The minimum atomic E-state index is -0.544. The molecule has 1 amide bonds. The Kier molecular flexibility index (Phi) is 4.24. The van der Waals surface area contributed by atoms with Gasteiger partial charge in [0.15, 0.2) is 5.69 Å². The maximum atomic E-state index is 12.5. The van der Waals surface area contributed by atoms with Crippen molar-refractivity contribution in [3.8, 4) is 0 Å². The fourth-order valence-corrected chi connectivity index (χ4v) is 2.89. The molecule has 7 heteroatoms. The van der Waals surface area contributed by atoms with Crippen LogP contribution in [0.1, 0.15) is 34.1 Å². The van der Waals surface area contributed by atoms with E-state index in [4.69, 9.17) is 4.42 Å². The zero-order valence-electron chi connectivity index (χ0n) is 12.2. The molecule has 116 valence electrons. The zero-order valence-corrected chi connectivity index (χ0v) is 13.0. The average molecular weight is 320 g/mol. The molecule has 0 N–H and O–H groups in total. The molecule has 0 radical (unpaired) electrons. The summed E-state index contributed by atoms with van der Waals surface area (Å²) in [6.07, 6.45) is 3.65. The lowest BCUT2D eigenvalue weighted by atomic mass is 10.3. The molecule has 2 aromatic rings. The summed E-state index contributed by atoms with van der Waals surface area (Å²) in [5.41, 5.74) is 0.124. The van der Waals surface area contributed by atoms with Crippen LogP contribution in [-0.2, 0) is 22.5 Å². The van der Waals surface area contributed by atoms with Gasteiger partial charge < -0.3 is 14.1 Å². The summed E-state index contributed by atoms with van der Waals surface area (Å²) < 4.78 is 9.87. The molecular formula is C15H16N2O4S. The second-order valence-electron chi connectivity index (χ2n) is 5.13. The molecule has 0 unspecified atom stereocenters. The third-order valence-electron chi connectivity index (χ3n) is 3.47. The van der Waals surface area contributed by atoms with Crippen LogP contribution < -0.4 is 0 Å². The van der Waals surface area contributed by atoms with E-state index in [0.29, 0.717) is 12.3 Å². The number of amides is 1. The van der Waals surface area contributed by atoms with Crippen LogP contribution in [-0.4, -0.2) is 34.9 Å². The Labute approximate surface area is 131 Å². The Morgan fingerprint density at radius 3 is 2.95 bits per heavy atom. The van der Waals surface area contributed by atoms with Gasteiger partial charge in [-0.05, 0) is 24.3 Å². The van der Waals surface area contributed by atoms with Crippen molar-refractivity contribution in [3.05, 3.63) is 40.2 Å². The van der Waals surface area contributed by atoms with E-state index in [9.17, 15) is 9.59 Å². The molecule has 22 heavy (non-hydrogen) atoms. The summed E-state index contributed by atoms with van der Waals surface area (Å²) >= 11 is 1.57. The lowest BCUT2D eigenvalue weighted by Crippen LogP contribution is -2.33. The normalized spacial score (nSPS) is 13.9. The number of aromatic nitrogens is 1. The van der Waals surface area contributed by atoms with Crippen LogP contribution in [0.3, 0.4) is 0 Å². The topological polar surface area (TPSA) is 72.6 Å². The molecule has 6 nitrogen and oxygen atoms in total. The summed E-state index contributed by atoms with van der Waals surface area (Å²) in [6, 6.07) is 4.14. The fraction of sp³-hybridized carbons (Fsp3) is 0.400. The van der Waals surface area contributed by atoms with Crippen LogP contribution in [0.15, 0.2) is 28.2 Å². The average Bonchev–Trinajstić information content (AvgIpc) is 3.02. The smallest absolute Gasteiger partial charge is 0.360 e. The van der Waals surface area contributed by atoms with E-state index in [-0.39, 0.29) is 24.2 Å². The van der Waals surface area contributed by atoms with Gasteiger partial charge in [-0.25, -0.2) is 9.78 Å². The van der Waals surface area contributed by atoms with E-state index in [1.165, 1.54) is 13.4 Å². The van der Waals surface area contributed by atoms with Crippen molar-refractivity contribution in [2.75, 3.05) is 7.11 Å². The monoisotopic (exact) mass is 320 g/mol. The van der Waals surface area contributed by atoms with Crippen molar-refractivity contribution in [3.63, 3.8) is 0 Å².